The quantitative estimate of drug-likeness (QED) is 0.526. The fourth-order valence-corrected chi connectivity index (χ4v) is 3.87. The molecular weight excluding hydrogens is 358 g/mol. The fourth-order valence-electron chi connectivity index (χ4n) is 2.81. The van der Waals surface area contributed by atoms with E-state index >= 15 is 0 Å². The van der Waals surface area contributed by atoms with Crippen LogP contribution in [0.5, 0.6) is 0 Å². The predicted octanol–water partition coefficient (Wildman–Crippen LogP) is 4.06. The molecule has 6 nitrogen and oxygen atoms in total. The Bertz CT molecular complexity index is 1090. The topological polar surface area (TPSA) is 63.9 Å². The molecule has 0 bridgehead atoms. The number of rotatable bonds is 5. The molecule has 0 unspecified atom stereocenters. The van der Waals surface area contributed by atoms with Crippen LogP contribution in [0.25, 0.3) is 10.2 Å². The largest absolute Gasteiger partial charge is 0.280 e. The molecule has 4 aromatic rings. The van der Waals surface area contributed by atoms with Crippen molar-refractivity contribution in [3.05, 3.63) is 71.8 Å². The van der Waals surface area contributed by atoms with Gasteiger partial charge in [0.25, 0.3) is 5.91 Å². The lowest BCUT2D eigenvalue weighted by Gasteiger charge is -2.18. The van der Waals surface area contributed by atoms with Crippen LogP contribution in [-0.4, -0.2) is 25.7 Å². The third-order valence-electron chi connectivity index (χ3n) is 4.24. The fraction of sp³-hybridized carbons (Fsp3) is 0.200. The summed E-state index contributed by atoms with van der Waals surface area (Å²) in [5.41, 5.74) is 3.26. The zero-order chi connectivity index (χ0) is 18.8. The van der Waals surface area contributed by atoms with E-state index in [9.17, 15) is 4.79 Å². The molecule has 0 aliphatic rings. The number of carbonyl (C=O) groups is 1. The summed E-state index contributed by atoms with van der Waals surface area (Å²) in [5, 5.41) is 5.02. The highest BCUT2D eigenvalue weighted by Crippen LogP contribution is 2.31. The summed E-state index contributed by atoms with van der Waals surface area (Å²) >= 11 is 1.51. The third kappa shape index (κ3) is 3.59. The van der Waals surface area contributed by atoms with E-state index in [4.69, 9.17) is 0 Å². The molecule has 0 aliphatic carbocycles. The first-order valence-electron chi connectivity index (χ1n) is 8.76. The summed E-state index contributed by atoms with van der Waals surface area (Å²) in [5.74, 6) is -0.177. The van der Waals surface area contributed by atoms with Crippen LogP contribution in [0.2, 0.25) is 0 Å². The Hall–Kier alpha value is -3.06. The molecule has 0 aliphatic heterocycles. The summed E-state index contributed by atoms with van der Waals surface area (Å²) in [7, 11) is 0. The zero-order valence-corrected chi connectivity index (χ0v) is 16.0. The number of aromatic nitrogens is 4. The molecule has 0 saturated heterocycles. The van der Waals surface area contributed by atoms with Crippen LogP contribution >= 0.6 is 11.3 Å². The second-order valence-corrected chi connectivity index (χ2v) is 7.25. The van der Waals surface area contributed by atoms with Gasteiger partial charge in [-0.2, -0.15) is 5.10 Å². The Morgan fingerprint density at radius 2 is 2.11 bits per heavy atom. The predicted molar refractivity (Wildman–Crippen MR) is 107 cm³/mol. The summed E-state index contributed by atoms with van der Waals surface area (Å²) in [4.78, 5) is 23.9. The zero-order valence-electron chi connectivity index (χ0n) is 15.2. The number of anilines is 1. The maximum absolute atomic E-state index is 13.2. The first kappa shape index (κ1) is 17.4. The summed E-state index contributed by atoms with van der Waals surface area (Å²) in [6, 6.07) is 13.5. The molecule has 0 fully saturated rings. The van der Waals surface area contributed by atoms with Crippen molar-refractivity contribution in [2.24, 2.45) is 0 Å². The normalized spacial score (nSPS) is 11.0. The lowest BCUT2D eigenvalue weighted by Crippen LogP contribution is -2.31. The number of fused-ring (bicyclic) bond motifs is 1. The minimum atomic E-state index is -0.177. The highest BCUT2D eigenvalue weighted by Gasteiger charge is 2.24. The lowest BCUT2D eigenvalue weighted by atomic mass is 10.2. The van der Waals surface area contributed by atoms with Crippen molar-refractivity contribution in [2.75, 3.05) is 4.90 Å². The highest BCUT2D eigenvalue weighted by molar-refractivity contribution is 7.22. The van der Waals surface area contributed by atoms with E-state index in [0.29, 0.717) is 23.9 Å². The Kier molecular flexibility index (Phi) is 4.68. The van der Waals surface area contributed by atoms with Crippen molar-refractivity contribution in [2.45, 2.75) is 26.9 Å². The van der Waals surface area contributed by atoms with Gasteiger partial charge in [-0.25, -0.2) is 4.98 Å². The number of amides is 1. The van der Waals surface area contributed by atoms with Crippen molar-refractivity contribution >= 4 is 32.6 Å². The van der Waals surface area contributed by atoms with Crippen molar-refractivity contribution in [1.29, 1.82) is 0 Å². The number of aryl methyl sites for hydroxylation is 2. The van der Waals surface area contributed by atoms with Gasteiger partial charge < -0.3 is 0 Å². The Morgan fingerprint density at radius 1 is 1.22 bits per heavy atom. The second-order valence-electron chi connectivity index (χ2n) is 6.24. The smallest absolute Gasteiger partial charge is 0.276 e. The molecule has 4 rings (SSSR count). The number of carbonyl (C=O) groups excluding carboxylic acids is 1. The van der Waals surface area contributed by atoms with Crippen LogP contribution in [0.3, 0.4) is 0 Å². The molecule has 0 spiro atoms. The van der Waals surface area contributed by atoms with E-state index in [-0.39, 0.29) is 5.91 Å². The number of nitrogens with zero attached hydrogens (tertiary/aromatic N) is 5. The highest BCUT2D eigenvalue weighted by atomic mass is 32.1. The van der Waals surface area contributed by atoms with Crippen molar-refractivity contribution in [3.63, 3.8) is 0 Å². The van der Waals surface area contributed by atoms with Crippen LogP contribution in [0.1, 0.15) is 28.7 Å². The molecular formula is C20H19N5OS. The van der Waals surface area contributed by atoms with Crippen molar-refractivity contribution in [1.82, 2.24) is 19.7 Å². The monoisotopic (exact) mass is 377 g/mol. The van der Waals surface area contributed by atoms with Crippen LogP contribution in [0, 0.1) is 6.92 Å². The molecule has 136 valence electrons. The number of hydrogen-bond acceptors (Lipinski definition) is 5. The van der Waals surface area contributed by atoms with Gasteiger partial charge in [0, 0.05) is 18.9 Å². The number of hydrogen-bond donors (Lipinski definition) is 0. The summed E-state index contributed by atoms with van der Waals surface area (Å²) in [6.07, 6.45) is 3.54. The lowest BCUT2D eigenvalue weighted by molar-refractivity contribution is 0.0979. The number of benzene rings is 1. The summed E-state index contributed by atoms with van der Waals surface area (Å²) in [6.45, 7) is 5.10. The average molecular weight is 377 g/mol. The molecule has 3 aromatic heterocycles. The van der Waals surface area contributed by atoms with Crippen molar-refractivity contribution < 1.29 is 4.79 Å². The van der Waals surface area contributed by atoms with E-state index in [1.54, 1.807) is 21.8 Å². The molecule has 7 heteroatoms. The molecule has 0 atom stereocenters. The van der Waals surface area contributed by atoms with Gasteiger partial charge in [0.1, 0.15) is 0 Å². The minimum Gasteiger partial charge on any atom is -0.276 e. The maximum atomic E-state index is 13.2. The van der Waals surface area contributed by atoms with Crippen LogP contribution in [-0.2, 0) is 13.1 Å². The Balaban J connectivity index is 1.75. The molecule has 27 heavy (non-hydrogen) atoms. The standard InChI is InChI=1S/C20H19N5OS/c1-3-24-11-9-17(23-24)19(26)25(13-15-6-4-5-10-21-15)20-22-16-8-7-14(2)12-18(16)27-20/h4-12H,3,13H2,1-2H3. The summed E-state index contributed by atoms with van der Waals surface area (Å²) < 4.78 is 2.80. The van der Waals surface area contributed by atoms with Gasteiger partial charge in [-0.3, -0.25) is 19.4 Å². The Labute approximate surface area is 161 Å². The molecule has 0 saturated carbocycles. The first-order valence-corrected chi connectivity index (χ1v) is 9.58. The van der Waals surface area contributed by atoms with E-state index in [0.717, 1.165) is 15.9 Å². The molecule has 0 radical (unpaired) electrons. The van der Waals surface area contributed by atoms with Gasteiger partial charge in [-0.05, 0) is 49.7 Å². The average Bonchev–Trinajstić information content (AvgIpc) is 3.32. The van der Waals surface area contributed by atoms with Crippen molar-refractivity contribution in [3.8, 4) is 0 Å². The van der Waals surface area contributed by atoms with Gasteiger partial charge in [0.2, 0.25) is 0 Å². The molecule has 1 aromatic carbocycles. The van der Waals surface area contributed by atoms with Gasteiger partial charge in [0.15, 0.2) is 10.8 Å². The van der Waals surface area contributed by atoms with E-state index in [2.05, 4.69) is 21.1 Å². The number of pyridine rings is 1. The van der Waals surface area contributed by atoms with Gasteiger partial charge in [-0.1, -0.05) is 23.5 Å². The Morgan fingerprint density at radius 3 is 2.85 bits per heavy atom. The first-order chi connectivity index (χ1) is 13.1. The van der Waals surface area contributed by atoms with Gasteiger partial charge in [0.05, 0.1) is 22.5 Å². The van der Waals surface area contributed by atoms with Gasteiger partial charge in [-0.15, -0.1) is 0 Å². The van der Waals surface area contributed by atoms with Crippen LogP contribution in [0.15, 0.2) is 54.9 Å². The number of thiazole rings is 1. The second kappa shape index (κ2) is 7.28. The molecule has 0 N–H and O–H groups in total. The maximum Gasteiger partial charge on any atom is 0.280 e. The van der Waals surface area contributed by atoms with E-state index in [1.807, 2.05) is 50.4 Å². The van der Waals surface area contributed by atoms with Crippen LogP contribution < -0.4 is 4.90 Å². The minimum absolute atomic E-state index is 0.177. The third-order valence-corrected chi connectivity index (χ3v) is 5.28. The van der Waals surface area contributed by atoms with Crippen LogP contribution in [0.4, 0.5) is 5.13 Å². The van der Waals surface area contributed by atoms with Gasteiger partial charge >= 0.3 is 0 Å². The molecule has 3 heterocycles. The SMILES string of the molecule is CCn1ccc(C(=O)N(Cc2ccccn2)c2nc3ccc(C)cc3s2)n1. The molecule has 1 amide bonds. The van der Waals surface area contributed by atoms with E-state index in [1.165, 1.54) is 16.9 Å². The van der Waals surface area contributed by atoms with E-state index < -0.39 is 0 Å².